The molecule has 1 saturated heterocycles. The molecule has 0 aliphatic carbocycles. The average Bonchev–Trinajstić information content (AvgIpc) is 3.30. The number of pyridine rings is 1. The number of rotatable bonds is 7. The normalized spacial score (nSPS) is 20.3. The topological polar surface area (TPSA) is 97.5 Å². The fraction of sp³-hybridized carbons (Fsp3) is 0.556. The van der Waals surface area contributed by atoms with E-state index in [0.29, 0.717) is 36.9 Å². The van der Waals surface area contributed by atoms with Crippen molar-refractivity contribution in [2.24, 2.45) is 4.99 Å². The Morgan fingerprint density at radius 3 is 3.00 bits per heavy atom. The Balaban J connectivity index is 1.51. The van der Waals surface area contributed by atoms with Gasteiger partial charge in [-0.05, 0) is 38.8 Å². The van der Waals surface area contributed by atoms with E-state index >= 15 is 0 Å². The van der Waals surface area contributed by atoms with E-state index in [1.54, 1.807) is 6.20 Å². The van der Waals surface area contributed by atoms with Crippen LogP contribution in [0.1, 0.15) is 32.5 Å². The number of guanidine groups is 1. The third kappa shape index (κ3) is 5.01. The Morgan fingerprint density at radius 1 is 1.35 bits per heavy atom. The maximum absolute atomic E-state index is 5.79. The van der Waals surface area contributed by atoms with Crippen molar-refractivity contribution in [3.8, 4) is 11.6 Å². The smallest absolute Gasteiger partial charge is 0.276 e. The molecule has 1 aliphatic rings. The molecule has 0 aromatic carbocycles. The van der Waals surface area contributed by atoms with Gasteiger partial charge in [-0.25, -0.2) is 0 Å². The molecule has 0 amide bonds. The molecule has 2 N–H and O–H groups in total. The molecule has 140 valence electrons. The summed E-state index contributed by atoms with van der Waals surface area (Å²) in [6.07, 6.45) is 4.49. The standard InChI is InChI=1S/C18H26N6O2/c1-3-19-17(22-13-18(2)9-6-12-25-18)21-11-8-15-23-16(26-24-15)14-7-4-5-10-20-14/h4-5,7,10H,3,6,8-9,11-13H2,1-2H3,(H2,19,21,22). The Bertz CT molecular complexity index is 709. The highest BCUT2D eigenvalue weighted by Gasteiger charge is 2.29. The first kappa shape index (κ1) is 18.3. The Kier molecular flexibility index (Phi) is 6.17. The van der Waals surface area contributed by atoms with Crippen LogP contribution in [0.25, 0.3) is 11.6 Å². The first-order chi connectivity index (χ1) is 12.7. The molecule has 1 aliphatic heterocycles. The molecule has 1 unspecified atom stereocenters. The van der Waals surface area contributed by atoms with Gasteiger partial charge in [0, 0.05) is 32.3 Å². The third-order valence-corrected chi connectivity index (χ3v) is 4.21. The van der Waals surface area contributed by atoms with Gasteiger partial charge in [0.2, 0.25) is 0 Å². The van der Waals surface area contributed by atoms with E-state index in [2.05, 4.69) is 37.7 Å². The van der Waals surface area contributed by atoms with Crippen LogP contribution < -0.4 is 10.6 Å². The van der Waals surface area contributed by atoms with E-state index in [9.17, 15) is 0 Å². The molecular formula is C18H26N6O2. The number of hydrogen-bond acceptors (Lipinski definition) is 6. The molecule has 3 rings (SSSR count). The minimum Gasteiger partial charge on any atom is -0.373 e. The lowest BCUT2D eigenvalue weighted by molar-refractivity contribution is 0.0283. The second-order valence-electron chi connectivity index (χ2n) is 6.50. The van der Waals surface area contributed by atoms with E-state index in [0.717, 1.165) is 32.0 Å². The highest BCUT2D eigenvalue weighted by Crippen LogP contribution is 2.24. The zero-order chi connectivity index (χ0) is 18.2. The molecule has 2 aromatic heterocycles. The van der Waals surface area contributed by atoms with Crippen molar-refractivity contribution in [1.82, 2.24) is 25.8 Å². The molecule has 0 spiro atoms. The number of nitrogens with zero attached hydrogens (tertiary/aromatic N) is 4. The Morgan fingerprint density at radius 2 is 2.27 bits per heavy atom. The van der Waals surface area contributed by atoms with Crippen molar-refractivity contribution in [3.63, 3.8) is 0 Å². The van der Waals surface area contributed by atoms with Gasteiger partial charge in [0.1, 0.15) is 5.69 Å². The van der Waals surface area contributed by atoms with Gasteiger partial charge in [0.15, 0.2) is 11.8 Å². The van der Waals surface area contributed by atoms with Gasteiger partial charge >= 0.3 is 0 Å². The fourth-order valence-electron chi connectivity index (χ4n) is 2.79. The highest BCUT2D eigenvalue weighted by atomic mass is 16.5. The van der Waals surface area contributed by atoms with Crippen LogP contribution in [-0.4, -0.2) is 52.9 Å². The molecule has 8 nitrogen and oxygen atoms in total. The quantitative estimate of drug-likeness (QED) is 0.575. The van der Waals surface area contributed by atoms with Crippen LogP contribution in [0.2, 0.25) is 0 Å². The van der Waals surface area contributed by atoms with Gasteiger partial charge in [-0.1, -0.05) is 11.2 Å². The number of ether oxygens (including phenoxy) is 1. The second-order valence-corrected chi connectivity index (χ2v) is 6.50. The first-order valence-electron chi connectivity index (χ1n) is 9.09. The van der Waals surface area contributed by atoms with Crippen molar-refractivity contribution in [3.05, 3.63) is 30.2 Å². The van der Waals surface area contributed by atoms with Gasteiger partial charge in [-0.2, -0.15) is 4.98 Å². The lowest BCUT2D eigenvalue weighted by atomic mass is 10.0. The van der Waals surface area contributed by atoms with Crippen LogP contribution in [0.4, 0.5) is 0 Å². The maximum Gasteiger partial charge on any atom is 0.276 e. The van der Waals surface area contributed by atoms with Crippen molar-refractivity contribution in [2.45, 2.75) is 38.7 Å². The summed E-state index contributed by atoms with van der Waals surface area (Å²) in [6, 6.07) is 5.59. The number of aromatic nitrogens is 3. The molecule has 0 bridgehead atoms. The minimum absolute atomic E-state index is 0.145. The van der Waals surface area contributed by atoms with Gasteiger partial charge in [-0.15, -0.1) is 0 Å². The highest BCUT2D eigenvalue weighted by molar-refractivity contribution is 5.79. The summed E-state index contributed by atoms with van der Waals surface area (Å²) in [4.78, 5) is 13.2. The summed E-state index contributed by atoms with van der Waals surface area (Å²) >= 11 is 0. The monoisotopic (exact) mass is 358 g/mol. The SMILES string of the molecule is CCNC(=NCC1(C)CCCO1)NCCc1noc(-c2ccccn2)n1. The van der Waals surface area contributed by atoms with Crippen LogP contribution in [0.5, 0.6) is 0 Å². The summed E-state index contributed by atoms with van der Waals surface area (Å²) in [7, 11) is 0. The Labute approximate surface area is 153 Å². The average molecular weight is 358 g/mol. The van der Waals surface area contributed by atoms with Crippen molar-refractivity contribution in [1.29, 1.82) is 0 Å². The molecule has 0 saturated carbocycles. The summed E-state index contributed by atoms with van der Waals surface area (Å²) in [5.41, 5.74) is 0.534. The maximum atomic E-state index is 5.79. The second kappa shape index (κ2) is 8.75. The van der Waals surface area contributed by atoms with Crippen LogP contribution in [-0.2, 0) is 11.2 Å². The minimum atomic E-state index is -0.145. The predicted molar refractivity (Wildman–Crippen MR) is 98.8 cm³/mol. The molecule has 0 radical (unpaired) electrons. The number of nitrogens with one attached hydrogen (secondary N) is 2. The van der Waals surface area contributed by atoms with Crippen molar-refractivity contribution < 1.29 is 9.26 Å². The summed E-state index contributed by atoms with van der Waals surface area (Å²) in [5, 5.41) is 10.6. The molecule has 3 heterocycles. The van der Waals surface area contributed by atoms with Gasteiger partial charge < -0.3 is 19.9 Å². The third-order valence-electron chi connectivity index (χ3n) is 4.21. The molecule has 8 heteroatoms. The Hall–Kier alpha value is -2.48. The van der Waals surface area contributed by atoms with Gasteiger partial charge in [-0.3, -0.25) is 9.98 Å². The molecule has 2 aromatic rings. The van der Waals surface area contributed by atoms with E-state index in [-0.39, 0.29) is 5.60 Å². The van der Waals surface area contributed by atoms with E-state index in [1.165, 1.54) is 0 Å². The lowest BCUT2D eigenvalue weighted by Gasteiger charge is -2.21. The number of aliphatic imine (C=N–C) groups is 1. The van der Waals surface area contributed by atoms with E-state index in [1.807, 2.05) is 25.1 Å². The summed E-state index contributed by atoms with van der Waals surface area (Å²) in [6.45, 7) is 7.09. The van der Waals surface area contributed by atoms with Crippen molar-refractivity contribution in [2.75, 3.05) is 26.2 Å². The van der Waals surface area contributed by atoms with Crippen LogP contribution >= 0.6 is 0 Å². The summed E-state index contributed by atoms with van der Waals surface area (Å²) < 4.78 is 11.1. The first-order valence-corrected chi connectivity index (χ1v) is 9.09. The molecule has 1 atom stereocenters. The van der Waals surface area contributed by atoms with Crippen LogP contribution in [0.3, 0.4) is 0 Å². The van der Waals surface area contributed by atoms with Crippen LogP contribution in [0, 0.1) is 0 Å². The number of hydrogen-bond donors (Lipinski definition) is 2. The molecule has 1 fully saturated rings. The summed E-state index contributed by atoms with van der Waals surface area (Å²) in [5.74, 6) is 1.85. The zero-order valence-electron chi connectivity index (χ0n) is 15.4. The van der Waals surface area contributed by atoms with Gasteiger partial charge in [0.25, 0.3) is 5.89 Å². The predicted octanol–water partition coefficient (Wildman–Crippen LogP) is 1.80. The largest absolute Gasteiger partial charge is 0.373 e. The lowest BCUT2D eigenvalue weighted by Crippen LogP contribution is -2.40. The van der Waals surface area contributed by atoms with Crippen LogP contribution in [0.15, 0.2) is 33.9 Å². The van der Waals surface area contributed by atoms with Gasteiger partial charge in [0.05, 0.1) is 12.1 Å². The van der Waals surface area contributed by atoms with Crippen molar-refractivity contribution >= 4 is 5.96 Å². The fourth-order valence-corrected chi connectivity index (χ4v) is 2.79. The molecular weight excluding hydrogens is 332 g/mol. The van der Waals surface area contributed by atoms with E-state index < -0.39 is 0 Å². The zero-order valence-corrected chi connectivity index (χ0v) is 15.4. The molecule has 26 heavy (non-hydrogen) atoms. The van der Waals surface area contributed by atoms with E-state index in [4.69, 9.17) is 9.26 Å².